The molecule has 4 aromatic rings. The summed E-state index contributed by atoms with van der Waals surface area (Å²) in [6.45, 7) is 0. The Morgan fingerprint density at radius 3 is 2.67 bits per heavy atom. The number of benzene rings is 2. The number of hydrogen-bond donors (Lipinski definition) is 2. The highest BCUT2D eigenvalue weighted by atomic mass is 16.5. The van der Waals surface area contributed by atoms with Crippen LogP contribution in [0.1, 0.15) is 19.3 Å². The highest BCUT2D eigenvalue weighted by Crippen LogP contribution is 2.34. The number of primary amides is 1. The first-order chi connectivity index (χ1) is 16.1. The minimum absolute atomic E-state index is 0.0529. The maximum absolute atomic E-state index is 12.0. The number of anilines is 1. The molecule has 1 fully saturated rings. The van der Waals surface area contributed by atoms with Crippen molar-refractivity contribution in [3.63, 3.8) is 0 Å². The Hall–Kier alpha value is -4.00. The molecule has 0 saturated heterocycles. The van der Waals surface area contributed by atoms with Crippen molar-refractivity contribution in [3.05, 3.63) is 67.0 Å². The van der Waals surface area contributed by atoms with E-state index in [2.05, 4.69) is 16.4 Å². The zero-order chi connectivity index (χ0) is 22.8. The van der Waals surface area contributed by atoms with Crippen LogP contribution in [0.3, 0.4) is 0 Å². The van der Waals surface area contributed by atoms with Gasteiger partial charge in [-0.05, 0) is 60.4 Å². The number of nitrogens with one attached hydrogen (secondary N) is 1. The van der Waals surface area contributed by atoms with Crippen molar-refractivity contribution < 1.29 is 9.53 Å². The Labute approximate surface area is 192 Å². The smallest absolute Gasteiger partial charge is 0.222 e. The van der Waals surface area contributed by atoms with Gasteiger partial charge in [0.15, 0.2) is 5.82 Å². The van der Waals surface area contributed by atoms with E-state index < -0.39 is 0 Å². The van der Waals surface area contributed by atoms with E-state index in [-0.39, 0.29) is 17.9 Å². The lowest BCUT2D eigenvalue weighted by atomic mass is 10.0. The molecule has 7 nitrogen and oxygen atoms in total. The number of amides is 1. The number of fused-ring (bicyclic) bond motifs is 1. The minimum atomic E-state index is -0.270. The molecule has 1 saturated carbocycles. The van der Waals surface area contributed by atoms with Crippen molar-refractivity contribution in [3.8, 4) is 28.3 Å². The summed E-state index contributed by atoms with van der Waals surface area (Å²) in [6, 6.07) is 17.8. The van der Waals surface area contributed by atoms with E-state index in [4.69, 9.17) is 20.4 Å². The van der Waals surface area contributed by atoms with Crippen molar-refractivity contribution >= 4 is 22.6 Å². The molecule has 3 N–H and O–H groups in total. The molecule has 2 aromatic carbocycles. The van der Waals surface area contributed by atoms with Crippen LogP contribution in [0.2, 0.25) is 0 Å². The first-order valence-electron chi connectivity index (χ1n) is 11.0. The van der Waals surface area contributed by atoms with E-state index in [1.807, 2.05) is 48.5 Å². The maximum Gasteiger partial charge on any atom is 0.222 e. The topological polar surface area (TPSA) is 103 Å². The zero-order valence-electron chi connectivity index (χ0n) is 18.4. The predicted octanol–water partition coefficient (Wildman–Crippen LogP) is 4.43. The van der Waals surface area contributed by atoms with Gasteiger partial charge >= 0.3 is 0 Å². The Balaban J connectivity index is 1.63. The molecule has 33 heavy (non-hydrogen) atoms. The van der Waals surface area contributed by atoms with E-state index in [1.165, 1.54) is 0 Å². The number of carbonyl (C=O) groups is 1. The van der Waals surface area contributed by atoms with Gasteiger partial charge in [-0.25, -0.2) is 9.97 Å². The summed E-state index contributed by atoms with van der Waals surface area (Å²) in [5.41, 5.74) is 9.38. The van der Waals surface area contributed by atoms with Gasteiger partial charge in [0.25, 0.3) is 0 Å². The Bertz CT molecular complexity index is 1310. The third kappa shape index (κ3) is 4.22. The molecule has 0 spiro atoms. The third-order valence-electron chi connectivity index (χ3n) is 6.22. The highest BCUT2D eigenvalue weighted by molar-refractivity contribution is 5.94. The molecule has 2 unspecified atom stereocenters. The number of hydrogen-bond acceptors (Lipinski definition) is 6. The minimum Gasteiger partial charge on any atom is -0.497 e. The highest BCUT2D eigenvalue weighted by Gasteiger charge is 2.32. The fraction of sp³-hybridized carbons (Fsp3) is 0.231. The molecule has 2 heterocycles. The number of nitrogens with two attached hydrogens (primary N) is 1. The summed E-state index contributed by atoms with van der Waals surface area (Å²) in [7, 11) is 1.66. The summed E-state index contributed by atoms with van der Waals surface area (Å²) in [5, 5.41) is 4.42. The number of ether oxygens (including phenoxy) is 1. The largest absolute Gasteiger partial charge is 0.497 e. The van der Waals surface area contributed by atoms with Crippen molar-refractivity contribution in [1.29, 1.82) is 0 Å². The zero-order valence-corrected chi connectivity index (χ0v) is 18.4. The average molecular weight is 440 g/mol. The average Bonchev–Trinajstić information content (AvgIpc) is 3.33. The first kappa shape index (κ1) is 20.9. The van der Waals surface area contributed by atoms with E-state index in [9.17, 15) is 4.79 Å². The summed E-state index contributed by atoms with van der Waals surface area (Å²) in [5.74, 6) is 1.60. The summed E-state index contributed by atoms with van der Waals surface area (Å²) < 4.78 is 5.39. The fourth-order valence-corrected chi connectivity index (χ4v) is 4.49. The van der Waals surface area contributed by atoms with Crippen LogP contribution in [0.5, 0.6) is 5.75 Å². The van der Waals surface area contributed by atoms with Crippen molar-refractivity contribution in [2.24, 2.45) is 11.7 Å². The van der Waals surface area contributed by atoms with Crippen molar-refractivity contribution in [1.82, 2.24) is 15.0 Å². The monoisotopic (exact) mass is 439 g/mol. The molecule has 1 aliphatic carbocycles. The summed E-state index contributed by atoms with van der Waals surface area (Å²) in [6.07, 6.45) is 6.09. The number of rotatable bonds is 6. The maximum atomic E-state index is 12.0. The predicted molar refractivity (Wildman–Crippen MR) is 129 cm³/mol. The van der Waals surface area contributed by atoms with Crippen LogP contribution < -0.4 is 15.8 Å². The van der Waals surface area contributed by atoms with Crippen molar-refractivity contribution in [2.75, 3.05) is 12.4 Å². The van der Waals surface area contributed by atoms with Crippen LogP contribution in [-0.2, 0) is 4.79 Å². The van der Waals surface area contributed by atoms with E-state index in [0.29, 0.717) is 11.6 Å². The molecular weight excluding hydrogens is 414 g/mol. The van der Waals surface area contributed by atoms with Gasteiger partial charge in [0.05, 0.1) is 18.5 Å². The lowest BCUT2D eigenvalue weighted by Crippen LogP contribution is -2.34. The molecule has 0 bridgehead atoms. The molecular formula is C26H25N5O2. The van der Waals surface area contributed by atoms with Crippen LogP contribution in [-0.4, -0.2) is 34.0 Å². The Kier molecular flexibility index (Phi) is 5.60. The first-order valence-corrected chi connectivity index (χ1v) is 11.0. The standard InChI is InChI=1S/C26H25N5O2/c1-33-19-7-2-5-16(13-19)17-10-11-23-21(14-17)26(30-22-9-3-8-20(22)24(27)32)31-25(29-23)18-6-4-12-28-15-18/h2,4-7,10-15,20,22H,3,8-9H2,1H3,(H2,27,32)(H,29,30,31). The van der Waals surface area contributed by atoms with Crippen LogP contribution in [0.25, 0.3) is 33.4 Å². The quantitative estimate of drug-likeness (QED) is 0.461. The molecule has 5 rings (SSSR count). The van der Waals surface area contributed by atoms with Crippen LogP contribution in [0.15, 0.2) is 67.0 Å². The van der Waals surface area contributed by atoms with Gasteiger partial charge in [-0.3, -0.25) is 9.78 Å². The SMILES string of the molecule is COc1cccc(-c2ccc3nc(-c4cccnc4)nc(NC4CCCC4C(N)=O)c3c2)c1. The van der Waals surface area contributed by atoms with Gasteiger partial charge < -0.3 is 15.8 Å². The van der Waals surface area contributed by atoms with E-state index in [0.717, 1.165) is 52.6 Å². The second-order valence-electron chi connectivity index (χ2n) is 8.29. The Morgan fingerprint density at radius 1 is 1.03 bits per heavy atom. The lowest BCUT2D eigenvalue weighted by molar-refractivity contribution is -0.121. The third-order valence-corrected chi connectivity index (χ3v) is 6.22. The Morgan fingerprint density at radius 2 is 1.88 bits per heavy atom. The molecule has 166 valence electrons. The molecule has 2 atom stereocenters. The normalized spacial score (nSPS) is 17.7. The van der Waals surface area contributed by atoms with Gasteiger partial charge in [0.1, 0.15) is 11.6 Å². The van der Waals surface area contributed by atoms with E-state index >= 15 is 0 Å². The van der Waals surface area contributed by atoms with Crippen LogP contribution >= 0.6 is 0 Å². The van der Waals surface area contributed by atoms with E-state index in [1.54, 1.807) is 19.5 Å². The number of aromatic nitrogens is 3. The van der Waals surface area contributed by atoms with Gasteiger partial charge in [-0.1, -0.05) is 24.6 Å². The van der Waals surface area contributed by atoms with Crippen molar-refractivity contribution in [2.45, 2.75) is 25.3 Å². The van der Waals surface area contributed by atoms with Gasteiger partial charge in [0.2, 0.25) is 5.91 Å². The number of nitrogens with zero attached hydrogens (tertiary/aromatic N) is 3. The molecule has 0 radical (unpaired) electrons. The molecule has 7 heteroatoms. The second kappa shape index (κ2) is 8.86. The number of carbonyl (C=O) groups excluding carboxylic acids is 1. The van der Waals surface area contributed by atoms with Gasteiger partial charge in [-0.2, -0.15) is 0 Å². The number of pyridine rings is 1. The second-order valence-corrected chi connectivity index (χ2v) is 8.29. The van der Waals surface area contributed by atoms with Crippen LogP contribution in [0, 0.1) is 5.92 Å². The lowest BCUT2D eigenvalue weighted by Gasteiger charge is -2.20. The summed E-state index contributed by atoms with van der Waals surface area (Å²) >= 11 is 0. The van der Waals surface area contributed by atoms with Gasteiger partial charge in [-0.15, -0.1) is 0 Å². The molecule has 2 aromatic heterocycles. The van der Waals surface area contributed by atoms with Crippen LogP contribution in [0.4, 0.5) is 5.82 Å². The molecule has 1 aliphatic rings. The van der Waals surface area contributed by atoms with Gasteiger partial charge in [0, 0.05) is 29.4 Å². The molecule has 0 aliphatic heterocycles. The summed E-state index contributed by atoms with van der Waals surface area (Å²) in [4.78, 5) is 25.8. The molecule has 1 amide bonds. The number of methoxy groups -OCH3 is 1. The fourth-order valence-electron chi connectivity index (χ4n) is 4.49.